The molecule has 1 aliphatic rings. The van der Waals surface area contributed by atoms with E-state index in [2.05, 4.69) is 10.4 Å². The van der Waals surface area contributed by atoms with E-state index in [4.69, 9.17) is 5.26 Å². The van der Waals surface area contributed by atoms with E-state index in [0.717, 1.165) is 25.9 Å². The lowest BCUT2D eigenvalue weighted by atomic mass is 10.1. The molecule has 9 nitrogen and oxygen atoms in total. The van der Waals surface area contributed by atoms with Crippen LogP contribution < -0.4 is 10.2 Å². The van der Waals surface area contributed by atoms with Crippen LogP contribution in [0.15, 0.2) is 24.4 Å². The highest BCUT2D eigenvalue weighted by Crippen LogP contribution is 2.32. The summed E-state index contributed by atoms with van der Waals surface area (Å²) in [4.78, 5) is 25.3. The Morgan fingerprint density at radius 2 is 2.12 bits per heavy atom. The fourth-order valence-electron chi connectivity index (χ4n) is 2.88. The zero-order valence-electron chi connectivity index (χ0n) is 13.6. The smallest absolute Gasteiger partial charge is 0.293 e. The zero-order chi connectivity index (χ0) is 18.0. The summed E-state index contributed by atoms with van der Waals surface area (Å²) in [5, 5.41) is 27.0. The molecule has 9 heteroatoms. The third-order valence-corrected chi connectivity index (χ3v) is 4.17. The number of nitro benzene ring substituents is 1. The van der Waals surface area contributed by atoms with Crippen molar-refractivity contribution in [2.75, 3.05) is 23.3 Å². The van der Waals surface area contributed by atoms with Gasteiger partial charge in [0.1, 0.15) is 23.1 Å². The molecular formula is C16H16N6O3. The van der Waals surface area contributed by atoms with E-state index >= 15 is 0 Å². The number of anilines is 2. The first-order valence-corrected chi connectivity index (χ1v) is 7.78. The van der Waals surface area contributed by atoms with E-state index in [1.54, 1.807) is 19.2 Å². The highest BCUT2D eigenvalue weighted by molar-refractivity contribution is 6.05. The van der Waals surface area contributed by atoms with Gasteiger partial charge in [-0.25, -0.2) is 0 Å². The van der Waals surface area contributed by atoms with E-state index in [1.165, 1.54) is 16.9 Å². The molecule has 0 atom stereocenters. The Balaban J connectivity index is 1.90. The molecule has 1 fully saturated rings. The number of amides is 1. The van der Waals surface area contributed by atoms with Crippen LogP contribution in [0, 0.1) is 21.4 Å². The summed E-state index contributed by atoms with van der Waals surface area (Å²) in [6.45, 7) is 1.54. The average Bonchev–Trinajstić information content (AvgIpc) is 3.25. The summed E-state index contributed by atoms with van der Waals surface area (Å²) in [6.07, 6.45) is 3.34. The Morgan fingerprint density at radius 1 is 1.40 bits per heavy atom. The molecule has 0 saturated carbocycles. The molecule has 128 valence electrons. The number of carbonyl (C=O) groups excluding carboxylic acids is 1. The van der Waals surface area contributed by atoms with E-state index in [0.29, 0.717) is 5.69 Å². The Morgan fingerprint density at radius 3 is 2.76 bits per heavy atom. The molecule has 0 unspecified atom stereocenters. The second-order valence-corrected chi connectivity index (χ2v) is 5.75. The van der Waals surface area contributed by atoms with Crippen molar-refractivity contribution < 1.29 is 9.72 Å². The van der Waals surface area contributed by atoms with Gasteiger partial charge in [-0.3, -0.25) is 19.6 Å². The minimum atomic E-state index is -0.531. The predicted molar refractivity (Wildman–Crippen MR) is 90.4 cm³/mol. The number of aromatic nitrogens is 2. The fraction of sp³-hybridized carbons (Fsp3) is 0.312. The average molecular weight is 340 g/mol. The van der Waals surface area contributed by atoms with Crippen molar-refractivity contribution in [2.45, 2.75) is 12.8 Å². The monoisotopic (exact) mass is 340 g/mol. The lowest BCUT2D eigenvalue weighted by Gasteiger charge is -2.17. The number of nitrogens with zero attached hydrogens (tertiary/aromatic N) is 5. The van der Waals surface area contributed by atoms with E-state index < -0.39 is 10.8 Å². The van der Waals surface area contributed by atoms with Crippen LogP contribution in [0.25, 0.3) is 0 Å². The van der Waals surface area contributed by atoms with Crippen LogP contribution in [0.5, 0.6) is 0 Å². The van der Waals surface area contributed by atoms with Crippen molar-refractivity contribution in [1.82, 2.24) is 9.78 Å². The molecule has 0 radical (unpaired) electrons. The molecule has 3 rings (SSSR count). The topological polar surface area (TPSA) is 117 Å². The summed E-state index contributed by atoms with van der Waals surface area (Å²) < 4.78 is 1.36. The molecule has 1 aromatic heterocycles. The minimum absolute atomic E-state index is 0.0972. The molecular weight excluding hydrogens is 324 g/mol. The molecule has 2 heterocycles. The number of nitro groups is 1. The van der Waals surface area contributed by atoms with Crippen LogP contribution in [0.1, 0.15) is 28.8 Å². The summed E-state index contributed by atoms with van der Waals surface area (Å²) >= 11 is 0. The maximum Gasteiger partial charge on any atom is 0.293 e. The van der Waals surface area contributed by atoms with Gasteiger partial charge in [-0.15, -0.1) is 0 Å². The first-order valence-electron chi connectivity index (χ1n) is 7.78. The van der Waals surface area contributed by atoms with Crippen molar-refractivity contribution in [2.24, 2.45) is 7.05 Å². The Bertz CT molecular complexity index is 876. The third kappa shape index (κ3) is 3.14. The lowest BCUT2D eigenvalue weighted by Crippen LogP contribution is -2.20. The first-order chi connectivity index (χ1) is 12.0. The van der Waals surface area contributed by atoms with Crippen LogP contribution >= 0.6 is 0 Å². The highest BCUT2D eigenvalue weighted by Gasteiger charge is 2.24. The van der Waals surface area contributed by atoms with E-state index in [9.17, 15) is 14.9 Å². The standard InChI is InChI=1S/C16H16N6O3/c1-20-15(12(9-17)10-18-20)19-16(23)11-4-5-13(14(8-11)22(24)25)21-6-2-3-7-21/h4-5,8,10H,2-3,6-7H2,1H3,(H,19,23). The molecule has 1 N–H and O–H groups in total. The van der Waals surface area contributed by atoms with Crippen LogP contribution in [0.4, 0.5) is 17.2 Å². The van der Waals surface area contributed by atoms with Gasteiger partial charge >= 0.3 is 0 Å². The lowest BCUT2D eigenvalue weighted by molar-refractivity contribution is -0.384. The Kier molecular flexibility index (Phi) is 4.35. The summed E-state index contributed by atoms with van der Waals surface area (Å²) in [5.74, 6) is -0.282. The van der Waals surface area contributed by atoms with Gasteiger partial charge in [-0.05, 0) is 25.0 Å². The van der Waals surface area contributed by atoms with E-state index in [1.807, 2.05) is 11.0 Å². The van der Waals surface area contributed by atoms with Gasteiger partial charge < -0.3 is 10.2 Å². The molecule has 0 aliphatic carbocycles. The second kappa shape index (κ2) is 6.60. The van der Waals surface area contributed by atoms with Crippen molar-refractivity contribution in [3.63, 3.8) is 0 Å². The van der Waals surface area contributed by atoms with Crippen molar-refractivity contribution in [3.05, 3.63) is 45.6 Å². The van der Waals surface area contributed by atoms with Crippen LogP contribution in [0.2, 0.25) is 0 Å². The summed E-state index contributed by atoms with van der Waals surface area (Å²) in [7, 11) is 1.59. The SMILES string of the molecule is Cn1ncc(C#N)c1NC(=O)c1ccc(N2CCCC2)c([N+](=O)[O-])c1. The Labute approximate surface area is 143 Å². The summed E-state index contributed by atoms with van der Waals surface area (Å²) in [6, 6.07) is 6.36. The van der Waals surface area contributed by atoms with E-state index in [-0.39, 0.29) is 22.6 Å². The molecule has 2 aromatic rings. The summed E-state index contributed by atoms with van der Waals surface area (Å²) in [5.41, 5.74) is 0.802. The number of nitriles is 1. The molecule has 1 saturated heterocycles. The van der Waals surface area contributed by atoms with Gasteiger partial charge in [-0.1, -0.05) is 0 Å². The first kappa shape index (κ1) is 16.4. The van der Waals surface area contributed by atoms with Gasteiger partial charge in [0.05, 0.1) is 11.1 Å². The molecule has 25 heavy (non-hydrogen) atoms. The largest absolute Gasteiger partial charge is 0.366 e. The molecule has 0 bridgehead atoms. The number of hydrogen-bond acceptors (Lipinski definition) is 6. The predicted octanol–water partition coefficient (Wildman–Crippen LogP) is 2.05. The third-order valence-electron chi connectivity index (χ3n) is 4.17. The zero-order valence-corrected chi connectivity index (χ0v) is 13.6. The van der Waals surface area contributed by atoms with Gasteiger partial charge in [0.15, 0.2) is 0 Å². The van der Waals surface area contributed by atoms with Gasteiger partial charge in [0, 0.05) is 31.8 Å². The van der Waals surface area contributed by atoms with Crippen LogP contribution in [-0.2, 0) is 7.05 Å². The normalized spacial score (nSPS) is 13.5. The Hall–Kier alpha value is -3.41. The maximum atomic E-state index is 12.4. The van der Waals surface area contributed by atoms with Crippen molar-refractivity contribution in [3.8, 4) is 6.07 Å². The van der Waals surface area contributed by atoms with Gasteiger partial charge in [0.25, 0.3) is 11.6 Å². The van der Waals surface area contributed by atoms with Crippen molar-refractivity contribution >= 4 is 23.1 Å². The van der Waals surface area contributed by atoms with Crippen molar-refractivity contribution in [1.29, 1.82) is 5.26 Å². The number of carbonyl (C=O) groups is 1. The second-order valence-electron chi connectivity index (χ2n) is 5.75. The minimum Gasteiger partial charge on any atom is -0.366 e. The fourth-order valence-corrected chi connectivity index (χ4v) is 2.88. The number of aryl methyl sites for hydroxylation is 1. The quantitative estimate of drug-likeness (QED) is 0.672. The van der Waals surface area contributed by atoms with Gasteiger partial charge in [0.2, 0.25) is 0 Å². The maximum absolute atomic E-state index is 12.4. The molecule has 1 aliphatic heterocycles. The molecule has 1 amide bonds. The van der Waals surface area contributed by atoms with Gasteiger partial charge in [-0.2, -0.15) is 10.4 Å². The number of nitrogens with one attached hydrogen (secondary N) is 1. The van der Waals surface area contributed by atoms with Crippen LogP contribution in [0.3, 0.4) is 0 Å². The van der Waals surface area contributed by atoms with Crippen LogP contribution in [-0.4, -0.2) is 33.7 Å². The molecule has 1 aromatic carbocycles. The number of hydrogen-bond donors (Lipinski definition) is 1. The number of benzene rings is 1. The number of rotatable bonds is 4. The highest BCUT2D eigenvalue weighted by atomic mass is 16.6. The molecule has 0 spiro atoms.